The SMILES string of the molecule is CC(C)(C)NCCCS(=O)(=O)c1ccccc1Cl. The Hall–Kier alpha value is -0.580. The molecule has 0 radical (unpaired) electrons. The zero-order chi connectivity index (χ0) is 13.8. The highest BCUT2D eigenvalue weighted by molar-refractivity contribution is 7.91. The highest BCUT2D eigenvalue weighted by Crippen LogP contribution is 2.22. The largest absolute Gasteiger partial charge is 0.312 e. The molecule has 0 spiro atoms. The number of nitrogens with one attached hydrogen (secondary N) is 1. The quantitative estimate of drug-likeness (QED) is 0.848. The van der Waals surface area contributed by atoms with E-state index in [0.717, 1.165) is 0 Å². The number of hydrogen-bond acceptors (Lipinski definition) is 3. The van der Waals surface area contributed by atoms with Gasteiger partial charge in [-0.05, 0) is 45.9 Å². The molecule has 5 heteroatoms. The van der Waals surface area contributed by atoms with Crippen molar-refractivity contribution in [2.75, 3.05) is 12.3 Å². The molecule has 0 aromatic heterocycles. The molecule has 3 nitrogen and oxygen atoms in total. The van der Waals surface area contributed by atoms with Gasteiger partial charge >= 0.3 is 0 Å². The van der Waals surface area contributed by atoms with E-state index in [0.29, 0.717) is 18.0 Å². The first-order valence-corrected chi connectivity index (χ1v) is 7.98. The van der Waals surface area contributed by atoms with E-state index >= 15 is 0 Å². The van der Waals surface area contributed by atoms with E-state index in [2.05, 4.69) is 26.1 Å². The Kier molecular flexibility index (Phi) is 5.20. The topological polar surface area (TPSA) is 46.2 Å². The van der Waals surface area contributed by atoms with Gasteiger partial charge in [0.1, 0.15) is 0 Å². The summed E-state index contributed by atoms with van der Waals surface area (Å²) >= 11 is 5.90. The Balaban J connectivity index is 2.59. The van der Waals surface area contributed by atoms with Gasteiger partial charge in [-0.2, -0.15) is 0 Å². The Labute approximate surface area is 114 Å². The molecule has 18 heavy (non-hydrogen) atoms. The van der Waals surface area contributed by atoms with E-state index in [9.17, 15) is 8.42 Å². The molecule has 0 aliphatic rings. The molecule has 0 saturated carbocycles. The first kappa shape index (κ1) is 15.5. The Bertz CT molecular complexity index is 492. The van der Waals surface area contributed by atoms with Gasteiger partial charge in [0.25, 0.3) is 0 Å². The summed E-state index contributed by atoms with van der Waals surface area (Å²) in [4.78, 5) is 0.224. The van der Waals surface area contributed by atoms with Crippen molar-refractivity contribution in [1.29, 1.82) is 0 Å². The minimum atomic E-state index is -3.28. The number of hydrogen-bond donors (Lipinski definition) is 1. The van der Waals surface area contributed by atoms with Crippen LogP contribution >= 0.6 is 11.6 Å². The molecule has 102 valence electrons. The van der Waals surface area contributed by atoms with Crippen LogP contribution in [0, 0.1) is 0 Å². The monoisotopic (exact) mass is 289 g/mol. The molecule has 1 aromatic carbocycles. The predicted molar refractivity (Wildman–Crippen MR) is 75.9 cm³/mol. The second-order valence-corrected chi connectivity index (χ2v) is 7.76. The molecule has 0 saturated heterocycles. The highest BCUT2D eigenvalue weighted by atomic mass is 35.5. The third-order valence-electron chi connectivity index (χ3n) is 2.42. The molecule has 0 aliphatic heterocycles. The second-order valence-electron chi connectivity index (χ2n) is 5.28. The van der Waals surface area contributed by atoms with E-state index in [1.807, 2.05) is 0 Å². The van der Waals surface area contributed by atoms with Gasteiger partial charge in [-0.1, -0.05) is 23.7 Å². The summed E-state index contributed by atoms with van der Waals surface area (Å²) in [7, 11) is -3.28. The zero-order valence-corrected chi connectivity index (χ0v) is 12.6. The molecule has 0 bridgehead atoms. The lowest BCUT2D eigenvalue weighted by atomic mass is 10.1. The summed E-state index contributed by atoms with van der Waals surface area (Å²) in [6, 6.07) is 6.56. The van der Waals surface area contributed by atoms with Crippen molar-refractivity contribution in [2.45, 2.75) is 37.6 Å². The van der Waals surface area contributed by atoms with Gasteiger partial charge < -0.3 is 5.32 Å². The fourth-order valence-corrected chi connectivity index (χ4v) is 3.42. The van der Waals surface area contributed by atoms with Crippen LogP contribution in [0.2, 0.25) is 5.02 Å². The van der Waals surface area contributed by atoms with E-state index in [1.54, 1.807) is 24.3 Å². The smallest absolute Gasteiger partial charge is 0.179 e. The first-order valence-electron chi connectivity index (χ1n) is 5.95. The molecule has 0 heterocycles. The van der Waals surface area contributed by atoms with Gasteiger partial charge in [-0.15, -0.1) is 0 Å². The fraction of sp³-hybridized carbons (Fsp3) is 0.538. The average Bonchev–Trinajstić information content (AvgIpc) is 2.24. The van der Waals surface area contributed by atoms with Gasteiger partial charge in [-0.3, -0.25) is 0 Å². The van der Waals surface area contributed by atoms with Crippen LogP contribution in [0.5, 0.6) is 0 Å². The van der Waals surface area contributed by atoms with E-state index in [-0.39, 0.29) is 16.2 Å². The molecule has 1 rings (SSSR count). The van der Waals surface area contributed by atoms with Crippen LogP contribution in [0.25, 0.3) is 0 Å². The average molecular weight is 290 g/mol. The van der Waals surface area contributed by atoms with Crippen molar-refractivity contribution >= 4 is 21.4 Å². The number of halogens is 1. The first-order chi connectivity index (χ1) is 8.22. The molecular formula is C13H20ClNO2S. The summed E-state index contributed by atoms with van der Waals surface area (Å²) in [5.41, 5.74) is 0.00809. The van der Waals surface area contributed by atoms with Gasteiger partial charge in [0, 0.05) is 5.54 Å². The van der Waals surface area contributed by atoms with Crippen molar-refractivity contribution < 1.29 is 8.42 Å². The summed E-state index contributed by atoms with van der Waals surface area (Å²) in [5, 5.41) is 3.56. The molecule has 0 unspecified atom stereocenters. The molecule has 0 aliphatic carbocycles. The van der Waals surface area contributed by atoms with Gasteiger partial charge in [-0.25, -0.2) is 8.42 Å². The lowest BCUT2D eigenvalue weighted by Crippen LogP contribution is -2.36. The van der Waals surface area contributed by atoms with Crippen molar-refractivity contribution in [3.63, 3.8) is 0 Å². The minimum absolute atomic E-state index is 0.00809. The lowest BCUT2D eigenvalue weighted by Gasteiger charge is -2.20. The maximum absolute atomic E-state index is 12.1. The normalized spacial score (nSPS) is 12.7. The van der Waals surface area contributed by atoms with Gasteiger partial charge in [0.15, 0.2) is 9.84 Å². The summed E-state index contributed by atoms with van der Waals surface area (Å²) in [6.07, 6.45) is 0.574. The van der Waals surface area contributed by atoms with Crippen LogP contribution in [-0.4, -0.2) is 26.3 Å². The molecule has 0 atom stereocenters. The van der Waals surface area contributed by atoms with Crippen molar-refractivity contribution in [3.05, 3.63) is 29.3 Å². The zero-order valence-electron chi connectivity index (χ0n) is 11.0. The number of sulfone groups is 1. The Morgan fingerprint density at radius 1 is 1.22 bits per heavy atom. The van der Waals surface area contributed by atoms with E-state index < -0.39 is 9.84 Å². The molecule has 0 fully saturated rings. The Morgan fingerprint density at radius 3 is 2.39 bits per heavy atom. The van der Waals surface area contributed by atoms with Gasteiger partial charge in [0.2, 0.25) is 0 Å². The Morgan fingerprint density at radius 2 is 1.83 bits per heavy atom. The maximum Gasteiger partial charge on any atom is 0.179 e. The molecule has 0 amide bonds. The van der Waals surface area contributed by atoms with Crippen molar-refractivity contribution in [1.82, 2.24) is 5.32 Å². The summed E-state index contributed by atoms with van der Waals surface area (Å²) in [6.45, 7) is 6.83. The molecular weight excluding hydrogens is 270 g/mol. The lowest BCUT2D eigenvalue weighted by molar-refractivity contribution is 0.426. The van der Waals surface area contributed by atoms with Crippen LogP contribution in [0.15, 0.2) is 29.2 Å². The van der Waals surface area contributed by atoms with Crippen LogP contribution in [0.4, 0.5) is 0 Å². The van der Waals surface area contributed by atoms with Crippen molar-refractivity contribution in [3.8, 4) is 0 Å². The predicted octanol–water partition coefficient (Wildman–Crippen LogP) is 2.89. The highest BCUT2D eigenvalue weighted by Gasteiger charge is 2.17. The molecule has 1 N–H and O–H groups in total. The molecule has 1 aromatic rings. The minimum Gasteiger partial charge on any atom is -0.312 e. The van der Waals surface area contributed by atoms with E-state index in [1.165, 1.54) is 0 Å². The number of rotatable bonds is 5. The second kappa shape index (κ2) is 6.04. The summed E-state index contributed by atoms with van der Waals surface area (Å²) in [5.74, 6) is 0.111. The van der Waals surface area contributed by atoms with Crippen LogP contribution < -0.4 is 5.32 Å². The third-order valence-corrected chi connectivity index (χ3v) is 4.71. The third kappa shape index (κ3) is 4.96. The summed E-state index contributed by atoms with van der Waals surface area (Å²) < 4.78 is 24.1. The maximum atomic E-state index is 12.1. The van der Waals surface area contributed by atoms with Crippen LogP contribution in [0.3, 0.4) is 0 Å². The van der Waals surface area contributed by atoms with Crippen LogP contribution in [-0.2, 0) is 9.84 Å². The van der Waals surface area contributed by atoms with Gasteiger partial charge in [0.05, 0.1) is 15.7 Å². The standard InChI is InChI=1S/C13H20ClNO2S/c1-13(2,3)15-9-6-10-18(16,17)12-8-5-4-7-11(12)14/h4-5,7-8,15H,6,9-10H2,1-3H3. The van der Waals surface area contributed by atoms with Crippen LogP contribution in [0.1, 0.15) is 27.2 Å². The number of benzene rings is 1. The van der Waals surface area contributed by atoms with E-state index in [4.69, 9.17) is 11.6 Å². The van der Waals surface area contributed by atoms with Crippen molar-refractivity contribution in [2.24, 2.45) is 0 Å². The fourth-order valence-electron chi connectivity index (χ4n) is 1.53.